The molecule has 1 heterocycles. The van der Waals surface area contributed by atoms with Crippen LogP contribution in [0.15, 0.2) is 24.3 Å². The Morgan fingerprint density at radius 3 is 2.50 bits per heavy atom. The summed E-state index contributed by atoms with van der Waals surface area (Å²) in [5.41, 5.74) is 7.35. The average Bonchev–Trinajstić information content (AvgIpc) is 2.52. The molecule has 126 valence electrons. The third kappa shape index (κ3) is 5.74. The predicted molar refractivity (Wildman–Crippen MR) is 93.0 cm³/mol. The van der Waals surface area contributed by atoms with E-state index in [-0.39, 0.29) is 30.7 Å². The first-order chi connectivity index (χ1) is 9.74. The Morgan fingerprint density at radius 2 is 1.91 bits per heavy atom. The van der Waals surface area contributed by atoms with Gasteiger partial charge in [0.1, 0.15) is 0 Å². The van der Waals surface area contributed by atoms with Crippen molar-refractivity contribution < 1.29 is 9.53 Å². The molecule has 0 unspecified atom stereocenters. The maximum absolute atomic E-state index is 12.4. The van der Waals surface area contributed by atoms with E-state index in [1.807, 2.05) is 29.2 Å². The lowest BCUT2D eigenvalue weighted by atomic mass is 10.1. The van der Waals surface area contributed by atoms with Crippen LogP contribution in [0.1, 0.15) is 15.9 Å². The number of ether oxygens (including phenoxy) is 1. The smallest absolute Gasteiger partial charge is 0.253 e. The van der Waals surface area contributed by atoms with Crippen LogP contribution in [0.2, 0.25) is 0 Å². The number of methoxy groups -OCH3 is 1. The van der Waals surface area contributed by atoms with Gasteiger partial charge in [0, 0.05) is 51.9 Å². The Morgan fingerprint density at radius 1 is 1.23 bits per heavy atom. The number of nitrogens with zero attached hydrogens (tertiary/aromatic N) is 2. The van der Waals surface area contributed by atoms with Gasteiger partial charge in [0.15, 0.2) is 0 Å². The number of rotatable bonds is 5. The quantitative estimate of drug-likeness (QED) is 0.872. The van der Waals surface area contributed by atoms with Gasteiger partial charge in [-0.3, -0.25) is 9.69 Å². The highest BCUT2D eigenvalue weighted by Gasteiger charge is 2.21. The Bertz CT molecular complexity index is 452. The van der Waals surface area contributed by atoms with Crippen LogP contribution < -0.4 is 5.73 Å². The zero-order valence-electron chi connectivity index (χ0n) is 12.9. The molecule has 0 bridgehead atoms. The fourth-order valence-corrected chi connectivity index (χ4v) is 2.41. The number of carbonyl (C=O) groups excluding carboxylic acids is 1. The third-order valence-corrected chi connectivity index (χ3v) is 3.68. The molecule has 0 atom stereocenters. The summed E-state index contributed by atoms with van der Waals surface area (Å²) < 4.78 is 5.08. The standard InChI is InChI=1S/C15H23N3O2.2ClH/c1-20-10-9-17-5-7-18(8-6-17)15(19)14-4-2-3-13(11-14)12-16;;/h2-4,11H,5-10,12,16H2,1H3;2*1H. The van der Waals surface area contributed by atoms with E-state index in [1.54, 1.807) is 7.11 Å². The Kier molecular flexibility index (Phi) is 10.4. The summed E-state index contributed by atoms with van der Waals surface area (Å²) in [5.74, 6) is 0.103. The van der Waals surface area contributed by atoms with Gasteiger partial charge in [-0.15, -0.1) is 24.8 Å². The zero-order chi connectivity index (χ0) is 14.4. The van der Waals surface area contributed by atoms with Crippen LogP contribution in [-0.2, 0) is 11.3 Å². The van der Waals surface area contributed by atoms with Gasteiger partial charge >= 0.3 is 0 Å². The molecule has 1 saturated heterocycles. The molecule has 7 heteroatoms. The summed E-state index contributed by atoms with van der Waals surface area (Å²) in [6.07, 6.45) is 0. The lowest BCUT2D eigenvalue weighted by Crippen LogP contribution is -2.49. The van der Waals surface area contributed by atoms with Gasteiger partial charge < -0.3 is 15.4 Å². The number of benzene rings is 1. The second kappa shape index (κ2) is 10.8. The van der Waals surface area contributed by atoms with E-state index in [1.165, 1.54) is 0 Å². The zero-order valence-corrected chi connectivity index (χ0v) is 14.5. The number of nitrogens with two attached hydrogens (primary N) is 1. The second-order valence-corrected chi connectivity index (χ2v) is 5.03. The van der Waals surface area contributed by atoms with Crippen LogP contribution in [0.3, 0.4) is 0 Å². The fraction of sp³-hybridized carbons (Fsp3) is 0.533. The number of halogens is 2. The summed E-state index contributed by atoms with van der Waals surface area (Å²) in [4.78, 5) is 16.7. The van der Waals surface area contributed by atoms with Gasteiger partial charge in [-0.2, -0.15) is 0 Å². The van der Waals surface area contributed by atoms with Crippen LogP contribution in [0.25, 0.3) is 0 Å². The van der Waals surface area contributed by atoms with Crippen molar-refractivity contribution in [2.45, 2.75) is 6.54 Å². The largest absolute Gasteiger partial charge is 0.383 e. The lowest BCUT2D eigenvalue weighted by molar-refractivity contribution is 0.0594. The normalized spacial score (nSPS) is 14.9. The summed E-state index contributed by atoms with van der Waals surface area (Å²) >= 11 is 0. The minimum Gasteiger partial charge on any atom is -0.383 e. The molecule has 1 aliphatic heterocycles. The molecule has 0 aliphatic carbocycles. The lowest BCUT2D eigenvalue weighted by Gasteiger charge is -2.34. The van der Waals surface area contributed by atoms with E-state index in [4.69, 9.17) is 10.5 Å². The van der Waals surface area contributed by atoms with E-state index in [9.17, 15) is 4.79 Å². The van der Waals surface area contributed by atoms with Gasteiger partial charge in [-0.25, -0.2) is 0 Å². The van der Waals surface area contributed by atoms with Crippen LogP contribution in [-0.4, -0.2) is 62.1 Å². The molecular weight excluding hydrogens is 325 g/mol. The van der Waals surface area contributed by atoms with Crippen molar-refractivity contribution >= 4 is 30.7 Å². The van der Waals surface area contributed by atoms with Crippen molar-refractivity contribution in [2.75, 3.05) is 46.4 Å². The van der Waals surface area contributed by atoms with Gasteiger partial charge in [-0.05, 0) is 17.7 Å². The monoisotopic (exact) mass is 349 g/mol. The molecule has 1 amide bonds. The average molecular weight is 350 g/mol. The minimum atomic E-state index is 0. The highest BCUT2D eigenvalue weighted by atomic mass is 35.5. The summed E-state index contributed by atoms with van der Waals surface area (Å²) in [6, 6.07) is 7.59. The Hall–Kier alpha value is -0.850. The van der Waals surface area contributed by atoms with Gasteiger partial charge in [0.2, 0.25) is 0 Å². The van der Waals surface area contributed by atoms with Crippen LogP contribution in [0.4, 0.5) is 0 Å². The number of carbonyl (C=O) groups is 1. The molecule has 5 nitrogen and oxygen atoms in total. The first-order valence-corrected chi connectivity index (χ1v) is 7.04. The molecule has 2 rings (SSSR count). The van der Waals surface area contributed by atoms with Crippen molar-refractivity contribution in [3.8, 4) is 0 Å². The molecule has 22 heavy (non-hydrogen) atoms. The number of piperazine rings is 1. The fourth-order valence-electron chi connectivity index (χ4n) is 2.41. The molecule has 1 aromatic rings. The maximum Gasteiger partial charge on any atom is 0.253 e. The van der Waals surface area contributed by atoms with E-state index < -0.39 is 0 Å². The molecule has 0 saturated carbocycles. The Labute approximate surface area is 144 Å². The second-order valence-electron chi connectivity index (χ2n) is 5.03. The number of hydrogen-bond acceptors (Lipinski definition) is 4. The summed E-state index contributed by atoms with van der Waals surface area (Å²) in [7, 11) is 1.71. The first-order valence-electron chi connectivity index (χ1n) is 7.04. The van der Waals surface area contributed by atoms with Crippen molar-refractivity contribution in [2.24, 2.45) is 5.73 Å². The molecule has 1 aliphatic rings. The molecule has 2 N–H and O–H groups in total. The van der Waals surface area contributed by atoms with Crippen LogP contribution in [0.5, 0.6) is 0 Å². The van der Waals surface area contributed by atoms with E-state index in [0.29, 0.717) is 6.54 Å². The van der Waals surface area contributed by atoms with Crippen molar-refractivity contribution in [3.05, 3.63) is 35.4 Å². The summed E-state index contributed by atoms with van der Waals surface area (Å²) in [5, 5.41) is 0. The van der Waals surface area contributed by atoms with Crippen molar-refractivity contribution in [1.82, 2.24) is 9.80 Å². The SMILES string of the molecule is COCCN1CCN(C(=O)c2cccc(CN)c2)CC1.Cl.Cl. The van der Waals surface area contributed by atoms with Crippen LogP contribution in [0, 0.1) is 0 Å². The van der Waals surface area contributed by atoms with E-state index in [2.05, 4.69) is 4.90 Å². The molecule has 0 aromatic heterocycles. The predicted octanol–water partition coefficient (Wildman–Crippen LogP) is 1.39. The summed E-state index contributed by atoms with van der Waals surface area (Å²) in [6.45, 7) is 5.50. The number of amides is 1. The van der Waals surface area contributed by atoms with E-state index >= 15 is 0 Å². The van der Waals surface area contributed by atoms with Gasteiger partial charge in [0.25, 0.3) is 5.91 Å². The first kappa shape index (κ1) is 21.1. The molecule has 0 spiro atoms. The maximum atomic E-state index is 12.4. The Balaban J connectivity index is 0.00000220. The van der Waals surface area contributed by atoms with Crippen molar-refractivity contribution in [1.29, 1.82) is 0 Å². The van der Waals surface area contributed by atoms with Gasteiger partial charge in [0.05, 0.1) is 6.61 Å². The molecule has 0 radical (unpaired) electrons. The van der Waals surface area contributed by atoms with Crippen LogP contribution >= 0.6 is 24.8 Å². The highest BCUT2D eigenvalue weighted by Crippen LogP contribution is 2.10. The topological polar surface area (TPSA) is 58.8 Å². The third-order valence-electron chi connectivity index (χ3n) is 3.68. The van der Waals surface area contributed by atoms with Crippen molar-refractivity contribution in [3.63, 3.8) is 0 Å². The van der Waals surface area contributed by atoms with E-state index in [0.717, 1.165) is 50.5 Å². The molecule has 1 fully saturated rings. The molecule has 1 aromatic carbocycles. The minimum absolute atomic E-state index is 0. The van der Waals surface area contributed by atoms with Gasteiger partial charge in [-0.1, -0.05) is 12.1 Å². The highest BCUT2D eigenvalue weighted by molar-refractivity contribution is 5.94. The molecular formula is C15H25Cl2N3O2. The number of hydrogen-bond donors (Lipinski definition) is 1.